The largest absolute Gasteiger partial charge is 0.451 e. The Morgan fingerprint density at radius 2 is 2.03 bits per heavy atom. The topological polar surface area (TPSA) is 80.6 Å². The minimum atomic E-state index is -0.320. The second-order valence-corrected chi connectivity index (χ2v) is 9.52. The molecule has 1 aliphatic heterocycles. The third kappa shape index (κ3) is 3.77. The van der Waals surface area contributed by atoms with Crippen LogP contribution in [0.3, 0.4) is 0 Å². The summed E-state index contributed by atoms with van der Waals surface area (Å²) in [6.45, 7) is 5.14. The monoisotopic (exact) mass is 438 g/mol. The maximum Gasteiger partial charge on any atom is 0.292 e. The van der Waals surface area contributed by atoms with Crippen molar-refractivity contribution in [2.24, 2.45) is 0 Å². The van der Waals surface area contributed by atoms with Gasteiger partial charge in [0.2, 0.25) is 0 Å². The molecule has 2 N–H and O–H groups in total. The Labute approximate surface area is 185 Å². The molecule has 2 aromatic heterocycles. The van der Waals surface area contributed by atoms with E-state index in [1.807, 2.05) is 32.0 Å². The van der Waals surface area contributed by atoms with Gasteiger partial charge in [-0.3, -0.25) is 9.59 Å². The molecule has 1 aromatic carbocycles. The average Bonchev–Trinajstić information content (AvgIpc) is 3.50. The van der Waals surface area contributed by atoms with Crippen molar-refractivity contribution in [1.82, 2.24) is 5.32 Å². The van der Waals surface area contributed by atoms with Crippen molar-refractivity contribution in [2.75, 3.05) is 18.5 Å². The van der Waals surface area contributed by atoms with Gasteiger partial charge in [-0.1, -0.05) is 12.1 Å². The van der Waals surface area contributed by atoms with Gasteiger partial charge in [0.1, 0.15) is 10.6 Å². The number of furan rings is 1. The molecule has 162 valence electrons. The number of carbonyl (C=O) groups is 2. The van der Waals surface area contributed by atoms with Gasteiger partial charge in [-0.2, -0.15) is 0 Å². The van der Waals surface area contributed by atoms with Crippen LogP contribution in [0.15, 0.2) is 22.6 Å². The maximum absolute atomic E-state index is 13.1. The van der Waals surface area contributed by atoms with Gasteiger partial charge in [-0.05, 0) is 63.1 Å². The lowest BCUT2D eigenvalue weighted by molar-refractivity contribution is 0.0858. The van der Waals surface area contributed by atoms with Crippen LogP contribution in [0.4, 0.5) is 5.00 Å². The molecule has 7 heteroatoms. The van der Waals surface area contributed by atoms with Crippen LogP contribution < -0.4 is 10.6 Å². The first kappa shape index (κ1) is 20.3. The van der Waals surface area contributed by atoms with Crippen molar-refractivity contribution in [3.8, 4) is 0 Å². The molecule has 3 aromatic rings. The highest BCUT2D eigenvalue weighted by atomic mass is 32.1. The first-order valence-corrected chi connectivity index (χ1v) is 11.7. The summed E-state index contributed by atoms with van der Waals surface area (Å²) in [5.41, 5.74) is 4.26. The first-order chi connectivity index (χ1) is 15.0. The van der Waals surface area contributed by atoms with Crippen molar-refractivity contribution in [3.05, 3.63) is 51.1 Å². The van der Waals surface area contributed by atoms with Crippen LogP contribution in [-0.4, -0.2) is 31.1 Å². The molecular weight excluding hydrogens is 412 g/mol. The van der Waals surface area contributed by atoms with Crippen molar-refractivity contribution in [1.29, 1.82) is 0 Å². The third-order valence-corrected chi connectivity index (χ3v) is 7.40. The highest BCUT2D eigenvalue weighted by Gasteiger charge is 2.29. The van der Waals surface area contributed by atoms with Gasteiger partial charge in [0.25, 0.3) is 11.8 Å². The number of amides is 2. The summed E-state index contributed by atoms with van der Waals surface area (Å²) >= 11 is 1.51. The van der Waals surface area contributed by atoms with E-state index in [2.05, 4.69) is 10.6 Å². The Hall–Kier alpha value is -2.64. The second-order valence-electron chi connectivity index (χ2n) is 8.42. The van der Waals surface area contributed by atoms with E-state index in [4.69, 9.17) is 9.15 Å². The Morgan fingerprint density at radius 1 is 1.16 bits per heavy atom. The fourth-order valence-electron chi connectivity index (χ4n) is 4.54. The van der Waals surface area contributed by atoms with Crippen molar-refractivity contribution in [3.63, 3.8) is 0 Å². The molecule has 1 saturated heterocycles. The van der Waals surface area contributed by atoms with Crippen LogP contribution >= 0.6 is 11.3 Å². The number of hydrogen-bond donors (Lipinski definition) is 2. The van der Waals surface area contributed by atoms with Gasteiger partial charge >= 0.3 is 0 Å². The SMILES string of the molecule is Cc1ccc2c(C)c(C(=O)Nc3sc4c(c3C(=O)NC[C@@H]3CCCO3)CCC4)oc2c1. The number of thiophene rings is 1. The fraction of sp³-hybridized carbons (Fsp3) is 0.417. The zero-order chi connectivity index (χ0) is 21.5. The number of carbonyl (C=O) groups excluding carboxylic acids is 2. The molecule has 1 atom stereocenters. The molecule has 0 spiro atoms. The number of nitrogens with one attached hydrogen (secondary N) is 2. The summed E-state index contributed by atoms with van der Waals surface area (Å²) in [6.07, 6.45) is 4.94. The van der Waals surface area contributed by atoms with Crippen molar-refractivity contribution >= 4 is 39.1 Å². The van der Waals surface area contributed by atoms with Gasteiger partial charge in [-0.25, -0.2) is 0 Å². The van der Waals surface area contributed by atoms with Crippen molar-refractivity contribution in [2.45, 2.75) is 52.1 Å². The Bertz CT molecular complexity index is 1170. The van der Waals surface area contributed by atoms with E-state index in [0.717, 1.165) is 60.8 Å². The number of benzene rings is 1. The van der Waals surface area contributed by atoms with Crippen LogP contribution in [0.25, 0.3) is 11.0 Å². The summed E-state index contributed by atoms with van der Waals surface area (Å²) in [4.78, 5) is 27.4. The number of fused-ring (bicyclic) bond motifs is 2. The molecule has 0 saturated carbocycles. The normalized spacial score (nSPS) is 17.8. The Kier molecular flexibility index (Phi) is 5.32. The molecule has 0 unspecified atom stereocenters. The zero-order valence-electron chi connectivity index (χ0n) is 17.8. The molecule has 3 heterocycles. The summed E-state index contributed by atoms with van der Waals surface area (Å²) in [5.74, 6) is -0.165. The lowest BCUT2D eigenvalue weighted by atomic mass is 10.1. The number of aryl methyl sites for hydroxylation is 3. The van der Waals surface area contributed by atoms with E-state index >= 15 is 0 Å². The van der Waals surface area contributed by atoms with E-state index in [-0.39, 0.29) is 17.9 Å². The molecule has 2 amide bonds. The van der Waals surface area contributed by atoms with Crippen LogP contribution in [0, 0.1) is 13.8 Å². The molecule has 1 aliphatic carbocycles. The lowest BCUT2D eigenvalue weighted by Crippen LogP contribution is -2.32. The summed E-state index contributed by atoms with van der Waals surface area (Å²) in [7, 11) is 0. The van der Waals surface area contributed by atoms with E-state index in [9.17, 15) is 9.59 Å². The van der Waals surface area contributed by atoms with Gasteiger partial charge in [-0.15, -0.1) is 11.3 Å². The van der Waals surface area contributed by atoms with E-state index in [1.165, 1.54) is 16.2 Å². The quantitative estimate of drug-likeness (QED) is 0.602. The van der Waals surface area contributed by atoms with E-state index in [1.54, 1.807) is 0 Å². The predicted molar refractivity (Wildman–Crippen MR) is 121 cm³/mol. The van der Waals surface area contributed by atoms with Gasteiger partial charge in [0.15, 0.2) is 5.76 Å². The maximum atomic E-state index is 13.1. The molecular formula is C24H26N2O4S. The highest BCUT2D eigenvalue weighted by Crippen LogP contribution is 2.39. The molecule has 6 nitrogen and oxygen atoms in total. The number of rotatable bonds is 5. The minimum Gasteiger partial charge on any atom is -0.451 e. The predicted octanol–water partition coefficient (Wildman–Crippen LogP) is 4.76. The summed E-state index contributed by atoms with van der Waals surface area (Å²) < 4.78 is 11.5. The molecule has 31 heavy (non-hydrogen) atoms. The average molecular weight is 439 g/mol. The summed E-state index contributed by atoms with van der Waals surface area (Å²) in [5, 5.41) is 7.53. The smallest absolute Gasteiger partial charge is 0.292 e. The third-order valence-electron chi connectivity index (χ3n) is 6.19. The van der Waals surface area contributed by atoms with Crippen LogP contribution in [-0.2, 0) is 17.6 Å². The van der Waals surface area contributed by atoms with Crippen molar-refractivity contribution < 1.29 is 18.7 Å². The second kappa shape index (κ2) is 8.13. The van der Waals surface area contributed by atoms with Gasteiger partial charge in [0, 0.05) is 29.0 Å². The van der Waals surface area contributed by atoms with E-state index in [0.29, 0.717) is 28.5 Å². The molecule has 0 bridgehead atoms. The lowest BCUT2D eigenvalue weighted by Gasteiger charge is -2.12. The summed E-state index contributed by atoms with van der Waals surface area (Å²) in [6, 6.07) is 5.92. The van der Waals surface area contributed by atoms with Crippen LogP contribution in [0.5, 0.6) is 0 Å². The molecule has 2 aliphatic rings. The zero-order valence-corrected chi connectivity index (χ0v) is 18.6. The Balaban J connectivity index is 1.41. The highest BCUT2D eigenvalue weighted by molar-refractivity contribution is 7.17. The number of anilines is 1. The molecule has 5 rings (SSSR count). The number of hydrogen-bond acceptors (Lipinski definition) is 5. The standard InChI is InChI=1S/C24H26N2O4S/c1-13-8-9-16-14(2)21(30-18(16)11-13)23(28)26-24-20(17-6-3-7-19(17)31-24)22(27)25-12-15-5-4-10-29-15/h8-9,11,15H,3-7,10,12H2,1-2H3,(H,25,27)(H,26,28)/t15-/m0/s1. The van der Waals surface area contributed by atoms with E-state index < -0.39 is 0 Å². The Morgan fingerprint density at radius 3 is 2.84 bits per heavy atom. The van der Waals surface area contributed by atoms with Gasteiger partial charge in [0.05, 0.1) is 11.7 Å². The molecule has 1 fully saturated rings. The fourth-order valence-corrected chi connectivity index (χ4v) is 5.82. The number of ether oxygens (including phenoxy) is 1. The van der Waals surface area contributed by atoms with Gasteiger partial charge < -0.3 is 19.8 Å². The van der Waals surface area contributed by atoms with Crippen LogP contribution in [0.2, 0.25) is 0 Å². The first-order valence-electron chi connectivity index (χ1n) is 10.9. The van der Waals surface area contributed by atoms with Crippen LogP contribution in [0.1, 0.15) is 61.7 Å². The molecule has 0 radical (unpaired) electrons. The minimum absolute atomic E-state index is 0.0790.